The lowest BCUT2D eigenvalue weighted by Gasteiger charge is -2.02. The summed E-state index contributed by atoms with van der Waals surface area (Å²) in [6, 6.07) is 7.38. The molecule has 0 aliphatic carbocycles. The summed E-state index contributed by atoms with van der Waals surface area (Å²) in [6.07, 6.45) is 0.402. The number of carbonyl (C=O) groups is 1. The number of hydrogen-bond donors (Lipinski definition) is 2. The molecule has 0 aliphatic heterocycles. The molecule has 1 aromatic rings. The summed E-state index contributed by atoms with van der Waals surface area (Å²) in [5, 5.41) is 11.5. The first-order valence-electron chi connectivity index (χ1n) is 4.71. The van der Waals surface area contributed by atoms with Crippen LogP contribution in [0.4, 0.5) is 0 Å². The Labute approximate surface area is 83.8 Å². The highest BCUT2D eigenvalue weighted by Crippen LogP contribution is 2.04. The van der Waals surface area contributed by atoms with E-state index in [-0.39, 0.29) is 12.5 Å². The zero-order valence-electron chi connectivity index (χ0n) is 8.29. The number of aliphatic hydroxyl groups is 1. The van der Waals surface area contributed by atoms with Gasteiger partial charge in [-0.3, -0.25) is 4.79 Å². The van der Waals surface area contributed by atoms with Crippen LogP contribution in [0.2, 0.25) is 0 Å². The van der Waals surface area contributed by atoms with E-state index < -0.39 is 0 Å². The van der Waals surface area contributed by atoms with Gasteiger partial charge < -0.3 is 10.4 Å². The van der Waals surface area contributed by atoms with Gasteiger partial charge in [0.15, 0.2) is 0 Å². The third-order valence-corrected chi connectivity index (χ3v) is 1.94. The van der Waals surface area contributed by atoms with Gasteiger partial charge in [-0.2, -0.15) is 0 Å². The highest BCUT2D eigenvalue weighted by molar-refractivity contribution is 5.78. The Morgan fingerprint density at radius 2 is 1.86 bits per heavy atom. The van der Waals surface area contributed by atoms with Crippen LogP contribution in [0.25, 0.3) is 0 Å². The van der Waals surface area contributed by atoms with E-state index >= 15 is 0 Å². The van der Waals surface area contributed by atoms with Crippen LogP contribution in [0.15, 0.2) is 24.3 Å². The van der Waals surface area contributed by atoms with E-state index in [1.807, 2.05) is 31.2 Å². The molecule has 0 aromatic heterocycles. The van der Waals surface area contributed by atoms with Gasteiger partial charge in [0.1, 0.15) is 0 Å². The van der Waals surface area contributed by atoms with Gasteiger partial charge in [-0.05, 0) is 18.1 Å². The zero-order valence-corrected chi connectivity index (χ0v) is 8.29. The van der Waals surface area contributed by atoms with Gasteiger partial charge in [0.2, 0.25) is 5.91 Å². The number of likely N-dealkylation sites (N-methyl/N-ethyl adjacent to an activating group) is 1. The van der Waals surface area contributed by atoms with E-state index in [1.165, 1.54) is 0 Å². The lowest BCUT2D eigenvalue weighted by Crippen LogP contribution is -2.24. The van der Waals surface area contributed by atoms with Gasteiger partial charge in [0.05, 0.1) is 13.0 Å². The molecular formula is C11H15NO2. The summed E-state index contributed by atoms with van der Waals surface area (Å²) < 4.78 is 0. The maximum atomic E-state index is 11.2. The van der Waals surface area contributed by atoms with Crippen LogP contribution in [0.3, 0.4) is 0 Å². The predicted octanol–water partition coefficient (Wildman–Crippen LogP) is 0.857. The zero-order chi connectivity index (χ0) is 10.4. The molecule has 0 radical (unpaired) electrons. The first-order chi connectivity index (χ1) is 6.76. The van der Waals surface area contributed by atoms with Crippen LogP contribution in [0, 0.1) is 0 Å². The van der Waals surface area contributed by atoms with Crippen molar-refractivity contribution in [2.24, 2.45) is 0 Å². The number of aliphatic hydroxyl groups excluding tert-OH is 1. The molecule has 2 N–H and O–H groups in total. The lowest BCUT2D eigenvalue weighted by atomic mass is 10.1. The third kappa shape index (κ3) is 3.18. The van der Waals surface area contributed by atoms with Crippen molar-refractivity contribution in [3.63, 3.8) is 0 Å². The molecular weight excluding hydrogens is 178 g/mol. The highest BCUT2D eigenvalue weighted by atomic mass is 16.3. The second-order valence-electron chi connectivity index (χ2n) is 3.10. The Balaban J connectivity index is 2.55. The topological polar surface area (TPSA) is 49.3 Å². The fourth-order valence-corrected chi connectivity index (χ4v) is 1.21. The monoisotopic (exact) mass is 193 g/mol. The Kier molecular flexibility index (Phi) is 4.13. The van der Waals surface area contributed by atoms with E-state index in [0.717, 1.165) is 11.1 Å². The maximum absolute atomic E-state index is 11.2. The van der Waals surface area contributed by atoms with Crippen molar-refractivity contribution >= 4 is 5.91 Å². The summed E-state index contributed by atoms with van der Waals surface area (Å²) in [6.45, 7) is 2.60. The van der Waals surface area contributed by atoms with Gasteiger partial charge in [-0.15, -0.1) is 0 Å². The van der Waals surface area contributed by atoms with Crippen LogP contribution in [-0.2, 0) is 17.8 Å². The normalized spacial score (nSPS) is 9.86. The maximum Gasteiger partial charge on any atom is 0.224 e. The van der Waals surface area contributed by atoms with E-state index in [4.69, 9.17) is 5.11 Å². The first-order valence-corrected chi connectivity index (χ1v) is 4.71. The minimum Gasteiger partial charge on any atom is -0.392 e. The number of carbonyl (C=O) groups excluding carboxylic acids is 1. The Bertz CT molecular complexity index is 293. The molecule has 0 spiro atoms. The summed E-state index contributed by atoms with van der Waals surface area (Å²) >= 11 is 0. The molecule has 0 saturated heterocycles. The standard InChI is InChI=1S/C11H15NO2/c1-2-12-11(14)7-9-3-5-10(8-13)6-4-9/h3-6,13H,2,7-8H2,1H3,(H,12,14). The van der Waals surface area contributed by atoms with Crippen LogP contribution in [0.1, 0.15) is 18.1 Å². The Morgan fingerprint density at radius 3 is 2.36 bits per heavy atom. The number of benzene rings is 1. The molecule has 76 valence electrons. The molecule has 0 heterocycles. The molecule has 0 unspecified atom stereocenters. The molecule has 3 heteroatoms. The summed E-state index contributed by atoms with van der Waals surface area (Å²) in [7, 11) is 0. The molecule has 0 aliphatic rings. The fourth-order valence-electron chi connectivity index (χ4n) is 1.21. The average molecular weight is 193 g/mol. The number of rotatable bonds is 4. The first kappa shape index (κ1) is 10.7. The number of amides is 1. The molecule has 1 rings (SSSR count). The summed E-state index contributed by atoms with van der Waals surface area (Å²) in [5.74, 6) is 0.0317. The van der Waals surface area contributed by atoms with Crippen molar-refractivity contribution in [2.75, 3.05) is 6.54 Å². The molecule has 0 fully saturated rings. The molecule has 1 aromatic carbocycles. The summed E-state index contributed by atoms with van der Waals surface area (Å²) in [4.78, 5) is 11.2. The second kappa shape index (κ2) is 5.40. The van der Waals surface area contributed by atoms with Crippen molar-refractivity contribution in [3.05, 3.63) is 35.4 Å². The fraction of sp³-hybridized carbons (Fsp3) is 0.364. The Hall–Kier alpha value is -1.35. The van der Waals surface area contributed by atoms with Crippen molar-refractivity contribution in [1.29, 1.82) is 0 Å². The van der Waals surface area contributed by atoms with Gasteiger partial charge in [-0.25, -0.2) is 0 Å². The van der Waals surface area contributed by atoms with E-state index in [9.17, 15) is 4.79 Å². The minimum absolute atomic E-state index is 0.0317. The van der Waals surface area contributed by atoms with Crippen molar-refractivity contribution in [2.45, 2.75) is 20.0 Å². The SMILES string of the molecule is CCNC(=O)Cc1ccc(CO)cc1. The van der Waals surface area contributed by atoms with Crippen LogP contribution in [-0.4, -0.2) is 17.6 Å². The molecule has 3 nitrogen and oxygen atoms in total. The second-order valence-corrected chi connectivity index (χ2v) is 3.10. The minimum atomic E-state index is 0.0317. The molecule has 0 atom stereocenters. The van der Waals surface area contributed by atoms with E-state index in [2.05, 4.69) is 5.32 Å². The van der Waals surface area contributed by atoms with Gasteiger partial charge in [0.25, 0.3) is 0 Å². The van der Waals surface area contributed by atoms with E-state index in [1.54, 1.807) is 0 Å². The third-order valence-electron chi connectivity index (χ3n) is 1.94. The smallest absolute Gasteiger partial charge is 0.224 e. The average Bonchev–Trinajstić information content (AvgIpc) is 2.19. The number of nitrogens with one attached hydrogen (secondary N) is 1. The predicted molar refractivity (Wildman–Crippen MR) is 54.8 cm³/mol. The molecule has 0 bridgehead atoms. The summed E-state index contributed by atoms with van der Waals surface area (Å²) in [5.41, 5.74) is 1.83. The molecule has 1 amide bonds. The lowest BCUT2D eigenvalue weighted by molar-refractivity contribution is -0.120. The van der Waals surface area contributed by atoms with Crippen molar-refractivity contribution in [3.8, 4) is 0 Å². The van der Waals surface area contributed by atoms with Crippen molar-refractivity contribution < 1.29 is 9.90 Å². The molecule has 0 saturated carbocycles. The van der Waals surface area contributed by atoms with Crippen LogP contribution < -0.4 is 5.32 Å². The number of hydrogen-bond acceptors (Lipinski definition) is 2. The van der Waals surface area contributed by atoms with Crippen LogP contribution in [0.5, 0.6) is 0 Å². The van der Waals surface area contributed by atoms with Crippen molar-refractivity contribution in [1.82, 2.24) is 5.32 Å². The van der Waals surface area contributed by atoms with Crippen LogP contribution >= 0.6 is 0 Å². The quantitative estimate of drug-likeness (QED) is 0.745. The molecule has 14 heavy (non-hydrogen) atoms. The van der Waals surface area contributed by atoms with Gasteiger partial charge >= 0.3 is 0 Å². The van der Waals surface area contributed by atoms with Gasteiger partial charge in [0, 0.05) is 6.54 Å². The Morgan fingerprint density at radius 1 is 1.29 bits per heavy atom. The highest BCUT2D eigenvalue weighted by Gasteiger charge is 2.01. The van der Waals surface area contributed by atoms with Gasteiger partial charge in [-0.1, -0.05) is 24.3 Å². The largest absolute Gasteiger partial charge is 0.392 e. The van der Waals surface area contributed by atoms with E-state index in [0.29, 0.717) is 13.0 Å².